The quantitative estimate of drug-likeness (QED) is 0.411. The van der Waals surface area contributed by atoms with E-state index in [9.17, 15) is 14.0 Å². The monoisotopic (exact) mass is 445 g/mol. The topological polar surface area (TPSA) is 132 Å². The summed E-state index contributed by atoms with van der Waals surface area (Å²) < 4.78 is 19.8. The molecule has 0 radical (unpaired) electrons. The summed E-state index contributed by atoms with van der Waals surface area (Å²) in [4.78, 5) is 35.5. The van der Waals surface area contributed by atoms with Crippen LogP contribution >= 0.6 is 0 Å². The van der Waals surface area contributed by atoms with Crippen molar-refractivity contribution >= 4 is 22.6 Å². The van der Waals surface area contributed by atoms with Crippen LogP contribution in [0, 0.1) is 5.82 Å². The number of carbonyl (C=O) groups is 1. The minimum atomic E-state index is -0.356. The highest BCUT2D eigenvalue weighted by molar-refractivity contribution is 5.93. The number of carbonyl (C=O) groups excluding carboxylic acids is 1. The van der Waals surface area contributed by atoms with Gasteiger partial charge in [-0.15, -0.1) is 0 Å². The Bertz CT molecular complexity index is 1500. The van der Waals surface area contributed by atoms with Crippen LogP contribution in [0.25, 0.3) is 28.1 Å². The number of halogens is 1. The van der Waals surface area contributed by atoms with Gasteiger partial charge in [0.2, 0.25) is 17.6 Å². The van der Waals surface area contributed by atoms with Crippen LogP contribution in [0.3, 0.4) is 0 Å². The van der Waals surface area contributed by atoms with E-state index >= 15 is 0 Å². The Labute approximate surface area is 185 Å². The Balaban J connectivity index is 1.30. The maximum absolute atomic E-state index is 13.1. The van der Waals surface area contributed by atoms with Gasteiger partial charge in [-0.25, -0.2) is 14.1 Å². The smallest absolute Gasteiger partial charge is 0.261 e. The molecule has 0 bridgehead atoms. The number of aromatic amines is 1. The van der Waals surface area contributed by atoms with E-state index in [0.717, 1.165) is 0 Å². The first-order chi connectivity index (χ1) is 16.1. The van der Waals surface area contributed by atoms with Crippen molar-refractivity contribution in [3.63, 3.8) is 0 Å². The summed E-state index contributed by atoms with van der Waals surface area (Å²) in [5.74, 6) is -0.0144. The summed E-state index contributed by atoms with van der Waals surface area (Å²) >= 11 is 0. The van der Waals surface area contributed by atoms with Gasteiger partial charge in [0.05, 0.1) is 23.9 Å². The molecule has 2 aromatic carbocycles. The number of aromatic nitrogens is 6. The fourth-order valence-corrected chi connectivity index (χ4v) is 3.30. The summed E-state index contributed by atoms with van der Waals surface area (Å²) in [5.41, 5.74) is 1.76. The highest BCUT2D eigenvalue weighted by Crippen LogP contribution is 2.22. The predicted octanol–water partition coefficient (Wildman–Crippen LogP) is 2.87. The second-order valence-electron chi connectivity index (χ2n) is 7.11. The van der Waals surface area contributed by atoms with E-state index in [0.29, 0.717) is 39.7 Å². The lowest BCUT2D eigenvalue weighted by Gasteiger charge is -2.11. The molecular weight excluding hydrogens is 429 g/mol. The molecule has 0 atom stereocenters. The largest absolute Gasteiger partial charge is 0.339 e. The van der Waals surface area contributed by atoms with Gasteiger partial charge < -0.3 is 14.8 Å². The summed E-state index contributed by atoms with van der Waals surface area (Å²) in [6.45, 7) is 0. The molecule has 0 spiro atoms. The number of H-pyrrole nitrogens is 1. The van der Waals surface area contributed by atoms with Crippen molar-refractivity contribution in [2.24, 2.45) is 0 Å². The third-order valence-electron chi connectivity index (χ3n) is 4.91. The third kappa shape index (κ3) is 4.11. The van der Waals surface area contributed by atoms with Crippen molar-refractivity contribution in [3.05, 3.63) is 83.1 Å². The normalized spacial score (nSPS) is 11.1. The first kappa shape index (κ1) is 20.2. The predicted molar refractivity (Wildman–Crippen MR) is 116 cm³/mol. The van der Waals surface area contributed by atoms with Gasteiger partial charge >= 0.3 is 0 Å². The molecule has 3 heterocycles. The first-order valence-electron chi connectivity index (χ1n) is 9.98. The SMILES string of the molecule is O=C(CCc1nc(-c2ccc(F)cc2)no1)Nc1ccccc1-n1ncc2c(=O)[nH]cnc21. The Hall–Kier alpha value is -4.67. The number of aryl methyl sites for hydroxylation is 1. The van der Waals surface area contributed by atoms with Crippen LogP contribution in [0.2, 0.25) is 0 Å². The number of rotatable bonds is 6. The summed E-state index contributed by atoms with van der Waals surface area (Å²) in [6.07, 6.45) is 3.05. The highest BCUT2D eigenvalue weighted by atomic mass is 19.1. The van der Waals surface area contributed by atoms with E-state index < -0.39 is 0 Å². The number of nitrogens with one attached hydrogen (secondary N) is 2. The molecule has 5 aromatic rings. The molecule has 0 aliphatic carbocycles. The molecule has 5 rings (SSSR count). The molecule has 0 aliphatic heterocycles. The molecule has 0 fully saturated rings. The van der Waals surface area contributed by atoms with Crippen LogP contribution in [-0.2, 0) is 11.2 Å². The minimum absolute atomic E-state index is 0.0944. The molecule has 10 nitrogen and oxygen atoms in total. The number of hydrogen-bond acceptors (Lipinski definition) is 7. The molecule has 0 aliphatic rings. The lowest BCUT2D eigenvalue weighted by Crippen LogP contribution is -2.15. The van der Waals surface area contributed by atoms with Gasteiger partial charge in [-0.1, -0.05) is 17.3 Å². The van der Waals surface area contributed by atoms with Gasteiger partial charge in [0, 0.05) is 18.4 Å². The number of amides is 1. The molecule has 3 aromatic heterocycles. The molecule has 33 heavy (non-hydrogen) atoms. The van der Waals surface area contributed by atoms with Crippen LogP contribution in [0.15, 0.2) is 70.4 Å². The van der Waals surface area contributed by atoms with Gasteiger partial charge in [-0.3, -0.25) is 9.59 Å². The van der Waals surface area contributed by atoms with Gasteiger partial charge in [-0.05, 0) is 36.4 Å². The maximum atomic E-state index is 13.1. The number of fused-ring (bicyclic) bond motifs is 1. The van der Waals surface area contributed by atoms with Gasteiger partial charge in [0.25, 0.3) is 5.56 Å². The highest BCUT2D eigenvalue weighted by Gasteiger charge is 2.15. The van der Waals surface area contributed by atoms with Crippen LogP contribution in [0.1, 0.15) is 12.3 Å². The van der Waals surface area contributed by atoms with Crippen molar-refractivity contribution in [2.75, 3.05) is 5.32 Å². The van der Waals surface area contributed by atoms with E-state index in [1.807, 2.05) is 0 Å². The summed E-state index contributed by atoms with van der Waals surface area (Å²) in [6, 6.07) is 12.8. The van der Waals surface area contributed by atoms with Crippen LogP contribution < -0.4 is 10.9 Å². The van der Waals surface area contributed by atoms with Crippen molar-refractivity contribution < 1.29 is 13.7 Å². The second-order valence-corrected chi connectivity index (χ2v) is 7.11. The molecule has 164 valence electrons. The number of benzene rings is 2. The molecule has 0 unspecified atom stereocenters. The molecule has 0 saturated heterocycles. The van der Waals surface area contributed by atoms with E-state index in [1.165, 1.54) is 29.3 Å². The van der Waals surface area contributed by atoms with Crippen LogP contribution in [0.5, 0.6) is 0 Å². The van der Waals surface area contributed by atoms with E-state index in [1.54, 1.807) is 36.4 Å². The fourth-order valence-electron chi connectivity index (χ4n) is 3.30. The number of hydrogen-bond donors (Lipinski definition) is 2. The van der Waals surface area contributed by atoms with E-state index in [4.69, 9.17) is 4.52 Å². The third-order valence-corrected chi connectivity index (χ3v) is 4.91. The summed E-state index contributed by atoms with van der Waals surface area (Å²) in [5, 5.41) is 11.3. The Morgan fingerprint density at radius 2 is 1.97 bits per heavy atom. The van der Waals surface area contributed by atoms with Gasteiger partial charge in [0.15, 0.2) is 5.65 Å². The van der Waals surface area contributed by atoms with Crippen LogP contribution in [0.4, 0.5) is 10.1 Å². The maximum Gasteiger partial charge on any atom is 0.261 e. The fraction of sp³-hybridized carbons (Fsp3) is 0.0909. The molecular formula is C22H16FN7O3. The molecule has 2 N–H and O–H groups in total. The Kier molecular flexibility index (Phi) is 5.19. The van der Waals surface area contributed by atoms with Crippen molar-refractivity contribution in [1.29, 1.82) is 0 Å². The number of anilines is 1. The van der Waals surface area contributed by atoms with Crippen LogP contribution in [-0.4, -0.2) is 35.8 Å². The lowest BCUT2D eigenvalue weighted by molar-refractivity contribution is -0.116. The Morgan fingerprint density at radius 1 is 1.15 bits per heavy atom. The average Bonchev–Trinajstić information content (AvgIpc) is 3.47. The van der Waals surface area contributed by atoms with Crippen molar-refractivity contribution in [2.45, 2.75) is 12.8 Å². The van der Waals surface area contributed by atoms with E-state index in [2.05, 4.69) is 30.5 Å². The summed E-state index contributed by atoms with van der Waals surface area (Å²) in [7, 11) is 0. The molecule has 1 amide bonds. The first-order valence-corrected chi connectivity index (χ1v) is 9.98. The molecule has 11 heteroatoms. The Morgan fingerprint density at radius 3 is 2.82 bits per heavy atom. The standard InChI is InChI=1S/C22H16FN7O3/c23-14-7-5-13(6-8-14)20-28-19(33-29-20)10-9-18(31)27-16-3-1-2-4-17(16)30-21-15(11-26-30)22(32)25-12-24-21/h1-8,11-12H,9-10H2,(H,27,31)(H,24,25,32). The lowest BCUT2D eigenvalue weighted by atomic mass is 10.2. The zero-order valence-electron chi connectivity index (χ0n) is 17.0. The minimum Gasteiger partial charge on any atom is -0.339 e. The number of nitrogens with zero attached hydrogens (tertiary/aromatic N) is 5. The second kappa shape index (κ2) is 8.46. The van der Waals surface area contributed by atoms with E-state index in [-0.39, 0.29) is 30.1 Å². The van der Waals surface area contributed by atoms with Crippen molar-refractivity contribution in [3.8, 4) is 17.1 Å². The van der Waals surface area contributed by atoms with Gasteiger partial charge in [0.1, 0.15) is 11.2 Å². The average molecular weight is 445 g/mol. The van der Waals surface area contributed by atoms with Gasteiger partial charge in [-0.2, -0.15) is 10.1 Å². The van der Waals surface area contributed by atoms with Crippen molar-refractivity contribution in [1.82, 2.24) is 29.9 Å². The zero-order chi connectivity index (χ0) is 22.8. The zero-order valence-corrected chi connectivity index (χ0v) is 17.0. The molecule has 0 saturated carbocycles. The number of para-hydroxylation sites is 2.